The van der Waals surface area contributed by atoms with Gasteiger partial charge in [-0.2, -0.15) is 0 Å². The number of hydrogen-bond acceptors (Lipinski definition) is 5. The van der Waals surface area contributed by atoms with Crippen molar-refractivity contribution in [1.29, 1.82) is 0 Å². The molecule has 0 saturated carbocycles. The molecule has 1 atom stereocenters. The number of nitrogens with one attached hydrogen (secondary N) is 2. The molecule has 8 heteroatoms. The highest BCUT2D eigenvalue weighted by atomic mass is 16.6. The summed E-state index contributed by atoms with van der Waals surface area (Å²) in [5.41, 5.74) is -2.11. The lowest BCUT2D eigenvalue weighted by Gasteiger charge is -2.28. The van der Waals surface area contributed by atoms with Crippen LogP contribution in [-0.4, -0.2) is 53.5 Å². The first kappa shape index (κ1) is 20.2. The molecule has 0 heterocycles. The maximum Gasteiger partial charge on any atom is 0.407 e. The van der Waals surface area contributed by atoms with Gasteiger partial charge in [-0.3, -0.25) is 9.59 Å². The third-order valence-electron chi connectivity index (χ3n) is 3.03. The molecule has 0 aliphatic rings. The zero-order valence-corrected chi connectivity index (χ0v) is 13.6. The van der Waals surface area contributed by atoms with Crippen molar-refractivity contribution in [3.63, 3.8) is 0 Å². The molecule has 0 aliphatic carbocycles. The minimum atomic E-state index is -1.42. The molecule has 0 aromatic heterocycles. The van der Waals surface area contributed by atoms with Crippen LogP contribution < -0.4 is 10.6 Å². The van der Waals surface area contributed by atoms with Gasteiger partial charge in [-0.15, -0.1) is 0 Å². The van der Waals surface area contributed by atoms with E-state index in [0.717, 1.165) is 0 Å². The predicted molar refractivity (Wildman–Crippen MR) is 79.3 cm³/mol. The van der Waals surface area contributed by atoms with Gasteiger partial charge in [0.05, 0.1) is 12.0 Å². The zero-order valence-electron chi connectivity index (χ0n) is 13.6. The van der Waals surface area contributed by atoms with E-state index in [0.29, 0.717) is 0 Å². The number of carbonyl (C=O) groups excluding carboxylic acids is 2. The Bertz CT molecular complexity index is 405. The summed E-state index contributed by atoms with van der Waals surface area (Å²) in [6, 6.07) is 0. The smallest absolute Gasteiger partial charge is 0.407 e. The number of amides is 2. The van der Waals surface area contributed by atoms with Crippen LogP contribution in [0.2, 0.25) is 0 Å². The van der Waals surface area contributed by atoms with E-state index in [2.05, 4.69) is 10.6 Å². The van der Waals surface area contributed by atoms with Gasteiger partial charge in [-0.1, -0.05) is 6.92 Å². The van der Waals surface area contributed by atoms with Gasteiger partial charge in [0.25, 0.3) is 0 Å². The van der Waals surface area contributed by atoms with Crippen molar-refractivity contribution in [3.8, 4) is 0 Å². The molecule has 8 nitrogen and oxygen atoms in total. The molecule has 0 radical (unpaired) electrons. The molecule has 0 saturated heterocycles. The monoisotopic (exact) mass is 318 g/mol. The van der Waals surface area contributed by atoms with E-state index >= 15 is 0 Å². The average Bonchev–Trinajstić information content (AvgIpc) is 2.39. The summed E-state index contributed by atoms with van der Waals surface area (Å²) in [5.74, 6) is -1.67. The van der Waals surface area contributed by atoms with Gasteiger partial charge >= 0.3 is 12.1 Å². The highest BCUT2D eigenvalue weighted by molar-refractivity contribution is 5.85. The first-order valence-electron chi connectivity index (χ1n) is 7.14. The first-order valence-corrected chi connectivity index (χ1v) is 7.14. The van der Waals surface area contributed by atoms with Crippen molar-refractivity contribution >= 4 is 18.0 Å². The van der Waals surface area contributed by atoms with E-state index < -0.39 is 29.0 Å². The first-order chi connectivity index (χ1) is 10.1. The van der Waals surface area contributed by atoms with Crippen molar-refractivity contribution in [3.05, 3.63) is 0 Å². The van der Waals surface area contributed by atoms with Crippen LogP contribution in [0.1, 0.15) is 40.5 Å². The quantitative estimate of drug-likeness (QED) is 0.516. The van der Waals surface area contributed by atoms with Crippen LogP contribution in [0.4, 0.5) is 4.79 Å². The highest BCUT2D eigenvalue weighted by Crippen LogP contribution is 2.26. The van der Waals surface area contributed by atoms with E-state index in [-0.39, 0.29) is 32.5 Å². The largest absolute Gasteiger partial charge is 0.481 e. The number of rotatable bonds is 8. The number of aliphatic carboxylic acids is 1. The summed E-state index contributed by atoms with van der Waals surface area (Å²) >= 11 is 0. The number of alkyl carbamates (subject to hydrolysis) is 1. The number of carboxylic acid groups (broad SMARTS) is 1. The Labute approximate surface area is 130 Å². The predicted octanol–water partition coefficient (Wildman–Crippen LogP) is 0.491. The number of hydrogen-bond donors (Lipinski definition) is 4. The molecule has 128 valence electrons. The minimum Gasteiger partial charge on any atom is -0.481 e. The van der Waals surface area contributed by atoms with Crippen LogP contribution in [0.15, 0.2) is 0 Å². The van der Waals surface area contributed by atoms with Crippen molar-refractivity contribution in [2.75, 3.05) is 19.7 Å². The second-order valence-corrected chi connectivity index (χ2v) is 6.04. The fourth-order valence-electron chi connectivity index (χ4n) is 1.74. The van der Waals surface area contributed by atoms with Crippen molar-refractivity contribution in [1.82, 2.24) is 10.6 Å². The lowest BCUT2D eigenvalue weighted by molar-refractivity contribution is -0.151. The summed E-state index contributed by atoms with van der Waals surface area (Å²) in [5, 5.41) is 22.9. The molecule has 0 fully saturated rings. The van der Waals surface area contributed by atoms with Gasteiger partial charge in [0, 0.05) is 19.5 Å². The fourth-order valence-corrected chi connectivity index (χ4v) is 1.74. The molecule has 2 amide bonds. The summed E-state index contributed by atoms with van der Waals surface area (Å²) in [6.45, 7) is 6.31. The topological polar surface area (TPSA) is 125 Å². The van der Waals surface area contributed by atoms with Crippen molar-refractivity contribution in [2.24, 2.45) is 5.41 Å². The molecule has 0 aliphatic heterocycles. The Hall–Kier alpha value is -1.83. The van der Waals surface area contributed by atoms with Gasteiger partial charge in [-0.25, -0.2) is 4.79 Å². The molecule has 0 rings (SSSR count). The summed E-state index contributed by atoms with van der Waals surface area (Å²) in [6.07, 6.45) is -0.874. The molecule has 0 spiro atoms. The second-order valence-electron chi connectivity index (χ2n) is 6.04. The number of aliphatic hydroxyl groups excluding tert-OH is 1. The van der Waals surface area contributed by atoms with Crippen LogP contribution in [-0.2, 0) is 14.3 Å². The fraction of sp³-hybridized carbons (Fsp3) is 0.786. The maximum absolute atomic E-state index is 11.7. The second kappa shape index (κ2) is 8.57. The normalized spacial score (nSPS) is 13.9. The number of aliphatic hydroxyl groups is 1. The Morgan fingerprint density at radius 3 is 2.14 bits per heavy atom. The molecule has 4 N–H and O–H groups in total. The van der Waals surface area contributed by atoms with Crippen LogP contribution in [0.3, 0.4) is 0 Å². The van der Waals surface area contributed by atoms with Crippen LogP contribution in [0, 0.1) is 5.41 Å². The SMILES string of the molecule is CCC(CNC(=O)OC(C)(C)C)(CC(=O)NCCO)C(=O)O. The minimum absolute atomic E-state index is 0.0533. The zero-order chi connectivity index (χ0) is 17.4. The van der Waals surface area contributed by atoms with E-state index in [1.807, 2.05) is 0 Å². The van der Waals surface area contributed by atoms with E-state index in [4.69, 9.17) is 9.84 Å². The highest BCUT2D eigenvalue weighted by Gasteiger charge is 2.39. The summed E-state index contributed by atoms with van der Waals surface area (Å²) in [4.78, 5) is 34.9. The molecule has 22 heavy (non-hydrogen) atoms. The maximum atomic E-state index is 11.7. The van der Waals surface area contributed by atoms with E-state index in [1.165, 1.54) is 0 Å². The Morgan fingerprint density at radius 1 is 1.14 bits per heavy atom. The molecule has 1 unspecified atom stereocenters. The van der Waals surface area contributed by atoms with Crippen LogP contribution >= 0.6 is 0 Å². The number of carboxylic acids is 1. The average molecular weight is 318 g/mol. The lowest BCUT2D eigenvalue weighted by atomic mass is 9.81. The van der Waals surface area contributed by atoms with Gasteiger partial charge in [0.2, 0.25) is 5.91 Å². The lowest BCUT2D eigenvalue weighted by Crippen LogP contribution is -2.47. The van der Waals surface area contributed by atoms with Crippen LogP contribution in [0.25, 0.3) is 0 Å². The van der Waals surface area contributed by atoms with Gasteiger partial charge in [0.1, 0.15) is 5.60 Å². The van der Waals surface area contributed by atoms with Gasteiger partial charge in [0.15, 0.2) is 0 Å². The van der Waals surface area contributed by atoms with Crippen molar-refractivity contribution in [2.45, 2.75) is 46.1 Å². The Morgan fingerprint density at radius 2 is 1.73 bits per heavy atom. The Kier molecular flexibility index (Phi) is 7.86. The van der Waals surface area contributed by atoms with Gasteiger partial charge in [-0.05, 0) is 27.2 Å². The molecule has 0 aromatic carbocycles. The van der Waals surface area contributed by atoms with Crippen LogP contribution in [0.5, 0.6) is 0 Å². The summed E-state index contributed by atoms with van der Waals surface area (Å²) in [7, 11) is 0. The third-order valence-corrected chi connectivity index (χ3v) is 3.03. The standard InChI is InChI=1S/C14H26N2O6/c1-5-14(11(19)20,8-10(18)15-6-7-17)9-16-12(21)22-13(2,3)4/h17H,5-9H2,1-4H3,(H,15,18)(H,16,21)(H,19,20). The molecule has 0 aromatic rings. The molecule has 0 bridgehead atoms. The summed E-state index contributed by atoms with van der Waals surface area (Å²) < 4.78 is 5.05. The van der Waals surface area contributed by atoms with E-state index in [9.17, 15) is 19.5 Å². The Balaban J connectivity index is 4.79. The van der Waals surface area contributed by atoms with Crippen molar-refractivity contribution < 1.29 is 29.3 Å². The van der Waals surface area contributed by atoms with E-state index in [1.54, 1.807) is 27.7 Å². The molecular formula is C14H26N2O6. The number of carbonyl (C=O) groups is 3. The third kappa shape index (κ3) is 7.26. The number of ether oxygens (including phenoxy) is 1. The van der Waals surface area contributed by atoms with Gasteiger partial charge < -0.3 is 25.6 Å². The molecular weight excluding hydrogens is 292 g/mol.